The first kappa shape index (κ1) is 20.7. The number of aryl methyl sites for hydroxylation is 1. The Balaban J connectivity index is 2.07. The van der Waals surface area contributed by atoms with Crippen LogP contribution in [0.4, 0.5) is 17.1 Å². The molecule has 6 nitrogen and oxygen atoms in total. The lowest BCUT2D eigenvalue weighted by molar-refractivity contribution is 0.481. The van der Waals surface area contributed by atoms with Gasteiger partial charge in [-0.15, -0.1) is 0 Å². The molecule has 7 N–H and O–H groups in total. The minimum atomic E-state index is -4.01. The highest BCUT2D eigenvalue weighted by Gasteiger charge is 2.20. The van der Waals surface area contributed by atoms with E-state index in [2.05, 4.69) is 0 Å². The van der Waals surface area contributed by atoms with Crippen LogP contribution in [0.15, 0.2) is 66.7 Å². The average Bonchev–Trinajstić information content (AvgIpc) is 2.65. The van der Waals surface area contributed by atoms with Crippen molar-refractivity contribution in [1.29, 1.82) is 0 Å². The van der Waals surface area contributed by atoms with Crippen molar-refractivity contribution in [1.82, 2.24) is 0 Å². The second-order valence-corrected chi connectivity index (χ2v) is 8.69. The molecule has 29 heavy (non-hydrogen) atoms. The van der Waals surface area contributed by atoms with E-state index >= 15 is 0 Å². The van der Waals surface area contributed by atoms with Crippen LogP contribution in [0.3, 0.4) is 0 Å². The zero-order valence-corrected chi connectivity index (χ0v) is 16.8. The molecule has 0 aliphatic heterocycles. The fourth-order valence-corrected chi connectivity index (χ4v) is 4.01. The van der Waals surface area contributed by atoms with E-state index in [1.165, 1.54) is 0 Å². The van der Waals surface area contributed by atoms with Crippen molar-refractivity contribution in [3.8, 4) is 0 Å². The van der Waals surface area contributed by atoms with E-state index in [0.717, 1.165) is 22.3 Å². The minimum absolute atomic E-state index is 0.0995. The van der Waals surface area contributed by atoms with Crippen molar-refractivity contribution in [2.45, 2.75) is 18.8 Å². The maximum Gasteiger partial charge on any atom is 0.264 e. The van der Waals surface area contributed by atoms with Crippen molar-refractivity contribution >= 4 is 27.2 Å². The van der Waals surface area contributed by atoms with Gasteiger partial charge in [0.25, 0.3) is 10.1 Å². The van der Waals surface area contributed by atoms with Crippen molar-refractivity contribution < 1.29 is 13.0 Å². The predicted molar refractivity (Wildman–Crippen MR) is 118 cm³/mol. The van der Waals surface area contributed by atoms with Gasteiger partial charge in [-0.1, -0.05) is 30.3 Å². The Kier molecular flexibility index (Phi) is 6.10. The molecule has 3 aromatic carbocycles. The standard InChI is InChI=1S/C22H25N3O3S/c23-18-7-3-15(4-8-18)22(16-5-9-19(24)10-6-16)21-12-11-20(25)14-17(21)2-1-13-29(26,27)28/h3-12,14,22H,1-2,13,23-25H2,(H,26,27,28). The van der Waals surface area contributed by atoms with Gasteiger partial charge in [0.2, 0.25) is 0 Å². The lowest BCUT2D eigenvalue weighted by Crippen LogP contribution is -2.10. The van der Waals surface area contributed by atoms with Crippen molar-refractivity contribution in [3.05, 3.63) is 89.0 Å². The first-order valence-corrected chi connectivity index (χ1v) is 10.9. The van der Waals surface area contributed by atoms with E-state index in [9.17, 15) is 8.42 Å². The Morgan fingerprint density at radius 1 is 0.759 bits per heavy atom. The van der Waals surface area contributed by atoms with Crippen molar-refractivity contribution in [2.75, 3.05) is 23.0 Å². The van der Waals surface area contributed by atoms with E-state index in [4.69, 9.17) is 21.8 Å². The third-order valence-corrected chi connectivity index (χ3v) is 5.67. The molecule has 0 amide bonds. The molecule has 0 saturated heterocycles. The van der Waals surface area contributed by atoms with Gasteiger partial charge in [0, 0.05) is 23.0 Å². The summed E-state index contributed by atoms with van der Waals surface area (Å²) in [6, 6.07) is 21.0. The van der Waals surface area contributed by atoms with Crippen molar-refractivity contribution in [2.24, 2.45) is 0 Å². The maximum absolute atomic E-state index is 11.1. The zero-order valence-electron chi connectivity index (χ0n) is 16.0. The third kappa shape index (κ3) is 5.49. The molecule has 0 aliphatic rings. The molecule has 152 valence electrons. The normalized spacial score (nSPS) is 11.7. The molecular formula is C22H25N3O3S. The topological polar surface area (TPSA) is 132 Å². The quantitative estimate of drug-likeness (QED) is 0.267. The van der Waals surface area contributed by atoms with Gasteiger partial charge in [-0.25, -0.2) is 0 Å². The molecule has 0 atom stereocenters. The molecule has 0 aromatic heterocycles. The van der Waals surface area contributed by atoms with E-state index < -0.39 is 10.1 Å². The van der Waals surface area contributed by atoms with Crippen LogP contribution in [0, 0.1) is 0 Å². The first-order valence-electron chi connectivity index (χ1n) is 9.27. The SMILES string of the molecule is Nc1ccc(C(c2ccc(N)cc2)c2ccc(N)cc2CCCS(=O)(=O)O)cc1. The molecule has 0 unspecified atom stereocenters. The number of nitrogens with two attached hydrogens (primary N) is 3. The van der Waals surface area contributed by atoms with Crippen LogP contribution in [0.5, 0.6) is 0 Å². The van der Waals surface area contributed by atoms with E-state index in [-0.39, 0.29) is 11.7 Å². The lowest BCUT2D eigenvalue weighted by atomic mass is 9.81. The van der Waals surface area contributed by atoms with Gasteiger partial charge in [0.05, 0.1) is 5.75 Å². The fourth-order valence-electron chi connectivity index (χ4n) is 3.50. The average molecular weight is 412 g/mol. The van der Waals surface area contributed by atoms with Crippen LogP contribution < -0.4 is 17.2 Å². The Morgan fingerprint density at radius 3 is 1.72 bits per heavy atom. The summed E-state index contributed by atoms with van der Waals surface area (Å²) in [6.45, 7) is 0. The first-order chi connectivity index (χ1) is 13.7. The van der Waals surface area contributed by atoms with Crippen LogP contribution >= 0.6 is 0 Å². The zero-order chi connectivity index (χ0) is 21.0. The van der Waals surface area contributed by atoms with Gasteiger partial charge in [0.15, 0.2) is 0 Å². The molecule has 0 spiro atoms. The van der Waals surface area contributed by atoms with Crippen LogP contribution in [-0.4, -0.2) is 18.7 Å². The number of anilines is 3. The van der Waals surface area contributed by atoms with Crippen LogP contribution in [-0.2, 0) is 16.5 Å². The Bertz CT molecular complexity index is 1030. The summed E-state index contributed by atoms with van der Waals surface area (Å²) >= 11 is 0. The number of benzene rings is 3. The highest BCUT2D eigenvalue weighted by atomic mass is 32.2. The molecule has 0 heterocycles. The number of hydrogen-bond acceptors (Lipinski definition) is 5. The second-order valence-electron chi connectivity index (χ2n) is 7.11. The summed E-state index contributed by atoms with van der Waals surface area (Å²) in [4.78, 5) is 0. The molecule has 3 rings (SSSR count). The van der Waals surface area contributed by atoms with Gasteiger partial charge in [-0.05, 0) is 71.5 Å². The molecule has 0 radical (unpaired) electrons. The van der Waals surface area contributed by atoms with Crippen LogP contribution in [0.2, 0.25) is 0 Å². The Morgan fingerprint density at radius 2 is 1.24 bits per heavy atom. The lowest BCUT2D eigenvalue weighted by Gasteiger charge is -2.23. The Hall–Kier alpha value is -3.03. The summed E-state index contributed by atoms with van der Waals surface area (Å²) in [6.07, 6.45) is 0.770. The van der Waals surface area contributed by atoms with Gasteiger partial charge >= 0.3 is 0 Å². The summed E-state index contributed by atoms with van der Waals surface area (Å²) in [5.74, 6) is -0.395. The molecular weight excluding hydrogens is 386 g/mol. The summed E-state index contributed by atoms with van der Waals surface area (Å²) < 4.78 is 31.3. The number of hydrogen-bond donors (Lipinski definition) is 4. The largest absolute Gasteiger partial charge is 0.399 e. The highest BCUT2D eigenvalue weighted by molar-refractivity contribution is 7.85. The molecule has 0 fully saturated rings. The second kappa shape index (κ2) is 8.55. The molecule has 0 aliphatic carbocycles. The van der Waals surface area contributed by atoms with Gasteiger partial charge in [-0.3, -0.25) is 4.55 Å². The maximum atomic E-state index is 11.1. The van der Waals surface area contributed by atoms with Crippen molar-refractivity contribution in [3.63, 3.8) is 0 Å². The van der Waals surface area contributed by atoms with Gasteiger partial charge in [-0.2, -0.15) is 8.42 Å². The van der Waals surface area contributed by atoms with E-state index in [1.54, 1.807) is 0 Å². The number of rotatable bonds is 7. The molecule has 7 heteroatoms. The Labute approximate surface area is 171 Å². The highest BCUT2D eigenvalue weighted by Crippen LogP contribution is 2.36. The fraction of sp³-hybridized carbons (Fsp3) is 0.182. The van der Waals surface area contributed by atoms with E-state index in [0.29, 0.717) is 29.9 Å². The predicted octanol–water partition coefficient (Wildman–Crippen LogP) is 3.43. The molecule has 0 saturated carbocycles. The summed E-state index contributed by atoms with van der Waals surface area (Å²) in [7, 11) is -4.01. The van der Waals surface area contributed by atoms with Crippen LogP contribution in [0.1, 0.15) is 34.6 Å². The number of nitrogen functional groups attached to an aromatic ring is 3. The molecule has 3 aromatic rings. The minimum Gasteiger partial charge on any atom is -0.399 e. The molecule has 0 bridgehead atoms. The smallest absolute Gasteiger partial charge is 0.264 e. The summed E-state index contributed by atoms with van der Waals surface area (Å²) in [5, 5.41) is 0. The van der Waals surface area contributed by atoms with Gasteiger partial charge < -0.3 is 17.2 Å². The third-order valence-electron chi connectivity index (χ3n) is 4.87. The van der Waals surface area contributed by atoms with Gasteiger partial charge in [0.1, 0.15) is 0 Å². The monoisotopic (exact) mass is 411 g/mol. The summed E-state index contributed by atoms with van der Waals surface area (Å²) in [5.41, 5.74) is 23.7. The van der Waals surface area contributed by atoms with E-state index in [1.807, 2.05) is 66.7 Å². The van der Waals surface area contributed by atoms with Crippen LogP contribution in [0.25, 0.3) is 0 Å².